The Morgan fingerprint density at radius 1 is 0.908 bits per heavy atom. The molecule has 1 saturated heterocycles. The van der Waals surface area contributed by atoms with Crippen molar-refractivity contribution in [1.29, 1.82) is 0 Å². The van der Waals surface area contributed by atoms with Crippen LogP contribution in [0.1, 0.15) is 53.4 Å². The van der Waals surface area contributed by atoms with E-state index in [1.54, 1.807) is 17.0 Å². The Morgan fingerprint density at radius 3 is 1.94 bits per heavy atom. The second-order valence-corrected chi connectivity index (χ2v) is 15.2. The number of nitrogens with one attached hydrogen (secondary N) is 2. The van der Waals surface area contributed by atoms with Crippen LogP contribution < -0.4 is 15.6 Å². The van der Waals surface area contributed by atoms with Crippen LogP contribution in [0.3, 0.4) is 0 Å². The van der Waals surface area contributed by atoms with Crippen LogP contribution in [0.4, 0.5) is 19.0 Å². The molecule has 362 valence electrons. The Hall–Kier alpha value is -5.20. The number of aliphatic carboxylic acids is 1. The maximum absolute atomic E-state index is 13.9. The molecule has 5 rings (SSSR count). The van der Waals surface area contributed by atoms with Gasteiger partial charge < -0.3 is 72.1 Å². The van der Waals surface area contributed by atoms with E-state index in [9.17, 15) is 73.8 Å². The van der Waals surface area contributed by atoms with Crippen LogP contribution in [-0.2, 0) is 24.4 Å². The minimum atomic E-state index is -5.08. The number of nitrogens with zero attached hydrogens (tertiary/aromatic N) is 7. The summed E-state index contributed by atoms with van der Waals surface area (Å²) in [4.78, 5) is 47.6. The first kappa shape index (κ1) is 52.4. The zero-order chi connectivity index (χ0) is 48.5. The van der Waals surface area contributed by atoms with Crippen molar-refractivity contribution >= 4 is 45.8 Å². The molecule has 2 amide bonds. The first-order valence-corrected chi connectivity index (χ1v) is 20.4. The van der Waals surface area contributed by atoms with Gasteiger partial charge >= 0.3 is 12.1 Å². The number of H-pyrrole nitrogens is 1. The summed E-state index contributed by atoms with van der Waals surface area (Å²) in [5.41, 5.74) is 8.74. The molecule has 3 aromatic heterocycles. The van der Waals surface area contributed by atoms with Crippen LogP contribution in [0.25, 0.3) is 22.2 Å². The highest BCUT2D eigenvalue weighted by molar-refractivity contribution is 5.98. The van der Waals surface area contributed by atoms with Crippen molar-refractivity contribution in [3.8, 4) is 0 Å². The third kappa shape index (κ3) is 12.6. The molecule has 27 heteroatoms. The van der Waals surface area contributed by atoms with Gasteiger partial charge in [0.2, 0.25) is 0 Å². The fraction of sp³-hybridized carbons (Fsp3) is 0.605. The maximum atomic E-state index is 13.9. The molecular weight excluding hydrogens is 877 g/mol. The smallest absolute Gasteiger partial charge is 0.475 e. The van der Waals surface area contributed by atoms with Gasteiger partial charge in [0.1, 0.15) is 48.7 Å². The lowest BCUT2D eigenvalue weighted by molar-refractivity contribution is -0.676. The van der Waals surface area contributed by atoms with Crippen LogP contribution in [0.2, 0.25) is 0 Å². The van der Waals surface area contributed by atoms with Gasteiger partial charge in [-0.05, 0) is 38.8 Å². The largest absolute Gasteiger partial charge is 0.490 e. The number of carbonyl (C=O) groups is 3. The molecular formula is C38H56F3N10O14+. The molecule has 8 atom stereocenters. The first-order chi connectivity index (χ1) is 30.6. The molecule has 1 aliphatic rings. The summed E-state index contributed by atoms with van der Waals surface area (Å²) < 4.78 is 35.8. The lowest BCUT2D eigenvalue weighted by atomic mass is 9.97. The molecule has 65 heavy (non-hydrogen) atoms. The molecule has 4 heterocycles. The number of imidazole rings is 1. The molecule has 0 saturated carbocycles. The SMILES string of the molecule is CCn1c(CNC(=O)c2nc3cn[nH]c3nc2N)[n+](CC)c2ccc(C(=O)N3CCC(N(C[C@H](O)[C@@H](O)[C@H](O)[C@H](O)CO)C[C@H](O)[C@@H](O)[C@H](O)[C@H](O)CO)CC3)cc21.O=C(O)C(F)(F)F. The van der Waals surface area contributed by atoms with Crippen molar-refractivity contribution in [2.24, 2.45) is 0 Å². The number of likely N-dealkylation sites (tertiary alicyclic amines) is 1. The van der Waals surface area contributed by atoms with Crippen molar-refractivity contribution in [2.75, 3.05) is 45.1 Å². The first-order valence-electron chi connectivity index (χ1n) is 20.4. The third-order valence-electron chi connectivity index (χ3n) is 11.0. The van der Waals surface area contributed by atoms with Crippen molar-refractivity contribution in [3.05, 3.63) is 41.5 Å². The fourth-order valence-corrected chi connectivity index (χ4v) is 7.43. The number of carboxylic acids is 1. The maximum Gasteiger partial charge on any atom is 0.490 e. The summed E-state index contributed by atoms with van der Waals surface area (Å²) in [6, 6.07) is 4.90. The average Bonchev–Trinajstić information content (AvgIpc) is 3.88. The van der Waals surface area contributed by atoms with Gasteiger partial charge in [-0.15, -0.1) is 0 Å². The second kappa shape index (κ2) is 22.8. The predicted octanol–water partition coefficient (Wildman–Crippen LogP) is -4.44. The number of hydrogen-bond donors (Lipinski definition) is 14. The van der Waals surface area contributed by atoms with Gasteiger partial charge in [-0.3, -0.25) is 19.6 Å². The predicted molar refractivity (Wildman–Crippen MR) is 217 cm³/mol. The number of piperidine rings is 1. The molecule has 24 nitrogen and oxygen atoms in total. The molecule has 0 spiro atoms. The zero-order valence-electron chi connectivity index (χ0n) is 35.3. The number of aliphatic hydroxyl groups excluding tert-OH is 10. The number of aromatic nitrogens is 6. The number of carbonyl (C=O) groups excluding carboxylic acids is 2. The van der Waals surface area contributed by atoms with E-state index in [2.05, 4.69) is 25.5 Å². The highest BCUT2D eigenvalue weighted by Gasteiger charge is 2.39. The lowest BCUT2D eigenvalue weighted by Crippen LogP contribution is -2.56. The number of aromatic amines is 1. The number of halogens is 3. The van der Waals surface area contributed by atoms with Crippen LogP contribution in [0, 0.1) is 0 Å². The molecule has 15 N–H and O–H groups in total. The third-order valence-corrected chi connectivity index (χ3v) is 11.0. The molecule has 0 bridgehead atoms. The number of nitrogens with two attached hydrogens (primary N) is 1. The summed E-state index contributed by atoms with van der Waals surface area (Å²) >= 11 is 0. The number of nitrogen functional groups attached to an aromatic ring is 1. The van der Waals surface area contributed by atoms with Gasteiger partial charge in [-0.2, -0.15) is 18.3 Å². The molecule has 4 aromatic rings. The Balaban J connectivity index is 0.00000122. The van der Waals surface area contributed by atoms with E-state index >= 15 is 0 Å². The number of anilines is 1. The molecule has 1 aromatic carbocycles. The van der Waals surface area contributed by atoms with E-state index in [0.717, 1.165) is 16.9 Å². The fourth-order valence-electron chi connectivity index (χ4n) is 7.43. The number of carboxylic acid groups (broad SMARTS) is 1. The standard InChI is InChI=1S/C36H54N10O12.C2HF3O2/c1-3-45-21-6-5-18(11-22(21)46(4-2)27(45)13-38-35(57)28-33(37)41-34-20(40-28)12-39-42-34)36(58)43-9-7-19(8-10-43)44(14-23(49)29(53)31(55)25(51)16-47)15-24(50)30(54)32(56)26(52)17-48;3-2(4,5)1(6)7/h5-6,11-12,19,23-26,29-32,47-56H,3-4,7-10,13-17H2,1-2H3,(H3-,37,38,39,40,41,42,57);(H,6,7)/p+1/t23-,24-,25+,26+,29+,30+,31+,32+;/m0./s1. The minimum Gasteiger partial charge on any atom is -0.475 e. The number of fused-ring (bicyclic) bond motifs is 2. The molecule has 1 aliphatic heterocycles. The summed E-state index contributed by atoms with van der Waals surface area (Å²) in [6.45, 7) is 2.99. The monoisotopic (exact) mass is 933 g/mol. The Kier molecular flexibility index (Phi) is 18.4. The number of aliphatic hydroxyl groups is 10. The summed E-state index contributed by atoms with van der Waals surface area (Å²) in [5, 5.41) is 117. The van der Waals surface area contributed by atoms with Crippen molar-refractivity contribution in [2.45, 2.75) is 107 Å². The minimum absolute atomic E-state index is 0.0354. The Labute approximate surface area is 367 Å². The van der Waals surface area contributed by atoms with Gasteiger partial charge in [-0.25, -0.2) is 23.9 Å². The van der Waals surface area contributed by atoms with Crippen LogP contribution >= 0.6 is 0 Å². The van der Waals surface area contributed by atoms with Crippen molar-refractivity contribution in [3.63, 3.8) is 0 Å². The van der Waals surface area contributed by atoms with E-state index in [0.29, 0.717) is 42.7 Å². The van der Waals surface area contributed by atoms with E-state index in [1.165, 1.54) is 11.1 Å². The quantitative estimate of drug-likeness (QED) is 0.0395. The van der Waals surface area contributed by atoms with E-state index in [1.807, 2.05) is 29.0 Å². The molecule has 1 fully saturated rings. The van der Waals surface area contributed by atoms with Crippen LogP contribution in [-0.4, -0.2) is 209 Å². The molecule has 0 unspecified atom stereocenters. The summed E-state index contributed by atoms with van der Waals surface area (Å²) in [5.74, 6) is -2.82. The summed E-state index contributed by atoms with van der Waals surface area (Å²) in [6.07, 6.45) is -17.6. The Morgan fingerprint density at radius 2 is 1.45 bits per heavy atom. The number of alkyl halides is 3. The summed E-state index contributed by atoms with van der Waals surface area (Å²) in [7, 11) is 0. The molecule has 0 radical (unpaired) electrons. The number of amides is 2. The van der Waals surface area contributed by atoms with Crippen LogP contribution in [0.5, 0.6) is 0 Å². The zero-order valence-corrected chi connectivity index (χ0v) is 35.3. The lowest BCUT2D eigenvalue weighted by Gasteiger charge is -2.41. The highest BCUT2D eigenvalue weighted by atomic mass is 19.4. The highest BCUT2D eigenvalue weighted by Crippen LogP contribution is 2.24. The molecule has 0 aliphatic carbocycles. The number of hydrogen-bond acceptors (Lipinski definition) is 18. The van der Waals surface area contributed by atoms with Crippen molar-refractivity contribution < 1.29 is 88.3 Å². The van der Waals surface area contributed by atoms with Gasteiger partial charge in [-0.1, -0.05) is 0 Å². The van der Waals surface area contributed by atoms with Crippen molar-refractivity contribution in [1.82, 2.24) is 39.8 Å². The van der Waals surface area contributed by atoms with Gasteiger partial charge in [0.05, 0.1) is 44.7 Å². The van der Waals surface area contributed by atoms with E-state index < -0.39 is 99.2 Å². The van der Waals surface area contributed by atoms with Gasteiger partial charge in [0, 0.05) is 43.9 Å². The van der Waals surface area contributed by atoms with E-state index in [-0.39, 0.29) is 37.1 Å². The number of benzene rings is 1. The van der Waals surface area contributed by atoms with Gasteiger partial charge in [0.25, 0.3) is 17.6 Å². The second-order valence-electron chi connectivity index (χ2n) is 15.2. The van der Waals surface area contributed by atoms with E-state index in [4.69, 9.17) is 15.6 Å². The Bertz CT molecular complexity index is 2190. The topological polar surface area (TPSA) is 382 Å². The normalized spacial score (nSPS) is 17.5. The number of aryl methyl sites for hydroxylation is 2. The average molecular weight is 934 g/mol. The van der Waals surface area contributed by atoms with Gasteiger partial charge in [0.15, 0.2) is 28.2 Å². The van der Waals surface area contributed by atoms with Crippen LogP contribution in [0.15, 0.2) is 24.4 Å². The number of rotatable bonds is 19.